The Morgan fingerprint density at radius 2 is 2.14 bits per heavy atom. The summed E-state index contributed by atoms with van der Waals surface area (Å²) in [5.74, 6) is -0.232. The first kappa shape index (κ1) is 13.3. The van der Waals surface area contributed by atoms with Crippen LogP contribution in [-0.4, -0.2) is 48.3 Å². The van der Waals surface area contributed by atoms with Crippen LogP contribution in [0.15, 0.2) is 17.2 Å². The zero-order valence-electron chi connectivity index (χ0n) is 12.1. The molecule has 0 spiro atoms. The van der Waals surface area contributed by atoms with Gasteiger partial charge < -0.3 is 15.5 Å². The number of carbonyl (C=O) groups is 1. The summed E-state index contributed by atoms with van der Waals surface area (Å²) in [5, 5.41) is 4.90. The molecular formula is C15H17N5O2. The Kier molecular flexibility index (Phi) is 3.09. The predicted octanol–water partition coefficient (Wildman–Crippen LogP) is 0.660. The van der Waals surface area contributed by atoms with Crippen molar-refractivity contribution in [2.24, 2.45) is 5.10 Å². The van der Waals surface area contributed by atoms with Gasteiger partial charge in [-0.2, -0.15) is 5.10 Å². The summed E-state index contributed by atoms with van der Waals surface area (Å²) in [7, 11) is 0. The average Bonchev–Trinajstić information content (AvgIpc) is 2.74. The van der Waals surface area contributed by atoms with Crippen molar-refractivity contribution in [1.29, 1.82) is 0 Å². The third-order valence-electron chi connectivity index (χ3n) is 4.13. The van der Waals surface area contributed by atoms with Crippen LogP contribution in [0.1, 0.15) is 21.6 Å². The molecule has 1 fully saturated rings. The van der Waals surface area contributed by atoms with Gasteiger partial charge in [0.25, 0.3) is 5.91 Å². The molecule has 114 valence electrons. The molecule has 1 saturated heterocycles. The SMILES string of the molecule is Nc1cc2c3c(c(CN4CCOCC4)[nH]c3c1)C=NNC2=O. The average molecular weight is 299 g/mol. The van der Waals surface area contributed by atoms with Crippen molar-refractivity contribution in [2.45, 2.75) is 6.54 Å². The molecule has 7 nitrogen and oxygen atoms in total. The maximum Gasteiger partial charge on any atom is 0.272 e. The Morgan fingerprint density at radius 3 is 2.95 bits per heavy atom. The van der Waals surface area contributed by atoms with E-state index in [-0.39, 0.29) is 5.91 Å². The number of anilines is 1. The molecule has 2 aliphatic heterocycles. The van der Waals surface area contributed by atoms with Gasteiger partial charge >= 0.3 is 0 Å². The van der Waals surface area contributed by atoms with Crippen molar-refractivity contribution >= 4 is 28.7 Å². The molecule has 1 aromatic carbocycles. The van der Waals surface area contributed by atoms with Crippen LogP contribution in [0.3, 0.4) is 0 Å². The number of nitrogen functional groups attached to an aromatic ring is 1. The van der Waals surface area contributed by atoms with Crippen LogP contribution in [0.5, 0.6) is 0 Å². The van der Waals surface area contributed by atoms with Crippen LogP contribution in [0, 0.1) is 0 Å². The maximum absolute atomic E-state index is 12.1. The summed E-state index contributed by atoms with van der Waals surface area (Å²) in [6.45, 7) is 4.08. The molecule has 1 amide bonds. The topological polar surface area (TPSA) is 95.7 Å². The summed E-state index contributed by atoms with van der Waals surface area (Å²) >= 11 is 0. The van der Waals surface area contributed by atoms with Crippen molar-refractivity contribution in [3.05, 3.63) is 29.0 Å². The lowest BCUT2D eigenvalue weighted by molar-refractivity contribution is 0.0337. The number of hydrazone groups is 1. The minimum Gasteiger partial charge on any atom is -0.399 e. The van der Waals surface area contributed by atoms with Crippen LogP contribution in [0.25, 0.3) is 10.9 Å². The fourth-order valence-corrected chi connectivity index (χ4v) is 3.08. The lowest BCUT2D eigenvalue weighted by Gasteiger charge is -2.26. The standard InChI is InChI=1S/C15H17N5O2/c16-9-5-10-14-11(7-17-19-15(10)21)13(18-12(14)6-9)8-20-1-3-22-4-2-20/h5-7,18H,1-4,8,16H2,(H,19,21). The highest BCUT2D eigenvalue weighted by molar-refractivity contribution is 6.15. The number of carbonyl (C=O) groups excluding carboxylic acids is 1. The fraction of sp³-hybridized carbons (Fsp3) is 0.333. The second-order valence-electron chi connectivity index (χ2n) is 5.60. The van der Waals surface area contributed by atoms with E-state index in [2.05, 4.69) is 20.4 Å². The van der Waals surface area contributed by atoms with Gasteiger partial charge in [0.15, 0.2) is 0 Å². The van der Waals surface area contributed by atoms with Gasteiger partial charge in [-0.05, 0) is 12.1 Å². The van der Waals surface area contributed by atoms with Crippen LogP contribution < -0.4 is 11.2 Å². The Morgan fingerprint density at radius 1 is 1.32 bits per heavy atom. The van der Waals surface area contributed by atoms with Gasteiger partial charge in [0.2, 0.25) is 0 Å². The summed E-state index contributed by atoms with van der Waals surface area (Å²) < 4.78 is 5.38. The van der Waals surface area contributed by atoms with Gasteiger partial charge in [-0.15, -0.1) is 0 Å². The van der Waals surface area contributed by atoms with Gasteiger partial charge in [-0.1, -0.05) is 0 Å². The molecule has 0 aliphatic carbocycles. The normalized spacial score (nSPS) is 18.5. The van der Waals surface area contributed by atoms with Crippen molar-refractivity contribution in [2.75, 3.05) is 32.0 Å². The number of aromatic nitrogens is 1. The molecule has 0 bridgehead atoms. The van der Waals surface area contributed by atoms with Crippen LogP contribution in [-0.2, 0) is 11.3 Å². The highest BCUT2D eigenvalue weighted by Crippen LogP contribution is 2.29. The van der Waals surface area contributed by atoms with Crippen LogP contribution in [0.2, 0.25) is 0 Å². The van der Waals surface area contributed by atoms with Crippen molar-refractivity contribution in [3.8, 4) is 0 Å². The zero-order chi connectivity index (χ0) is 15.1. The van der Waals surface area contributed by atoms with Crippen molar-refractivity contribution in [3.63, 3.8) is 0 Å². The van der Waals surface area contributed by atoms with E-state index in [1.54, 1.807) is 12.3 Å². The molecule has 4 rings (SSSR count). The molecule has 7 heteroatoms. The first-order chi connectivity index (χ1) is 10.7. The monoisotopic (exact) mass is 299 g/mol. The van der Waals surface area contributed by atoms with Gasteiger partial charge in [-0.3, -0.25) is 9.69 Å². The number of morpholine rings is 1. The maximum atomic E-state index is 12.1. The first-order valence-corrected chi connectivity index (χ1v) is 7.30. The van der Waals surface area contributed by atoms with Gasteiger partial charge in [0, 0.05) is 47.5 Å². The molecule has 22 heavy (non-hydrogen) atoms. The van der Waals surface area contributed by atoms with Crippen molar-refractivity contribution < 1.29 is 9.53 Å². The predicted molar refractivity (Wildman–Crippen MR) is 83.9 cm³/mol. The molecule has 2 aliphatic rings. The van der Waals surface area contributed by atoms with Gasteiger partial charge in [-0.25, -0.2) is 5.43 Å². The molecule has 3 heterocycles. The lowest BCUT2D eigenvalue weighted by atomic mass is 10.0. The van der Waals surface area contributed by atoms with E-state index < -0.39 is 0 Å². The minimum absolute atomic E-state index is 0.232. The van der Waals surface area contributed by atoms with E-state index >= 15 is 0 Å². The highest BCUT2D eigenvalue weighted by atomic mass is 16.5. The number of nitrogens with one attached hydrogen (secondary N) is 2. The molecule has 0 atom stereocenters. The summed E-state index contributed by atoms with van der Waals surface area (Å²) in [6.07, 6.45) is 1.71. The van der Waals surface area contributed by atoms with Crippen molar-refractivity contribution in [1.82, 2.24) is 15.3 Å². The molecule has 4 N–H and O–H groups in total. The zero-order valence-corrected chi connectivity index (χ0v) is 12.1. The van der Waals surface area contributed by atoms with E-state index in [1.807, 2.05) is 6.07 Å². The largest absolute Gasteiger partial charge is 0.399 e. The molecule has 0 unspecified atom stereocenters. The molecule has 0 radical (unpaired) electrons. The Balaban J connectivity index is 1.83. The number of amides is 1. The van der Waals surface area contributed by atoms with Crippen LogP contribution >= 0.6 is 0 Å². The van der Waals surface area contributed by atoms with E-state index in [0.717, 1.165) is 55.0 Å². The summed E-state index contributed by atoms with van der Waals surface area (Å²) in [5.41, 5.74) is 12.4. The quantitative estimate of drug-likeness (QED) is 0.710. The third kappa shape index (κ3) is 2.15. The third-order valence-corrected chi connectivity index (χ3v) is 4.13. The number of rotatable bonds is 2. The number of hydrogen-bond donors (Lipinski definition) is 3. The second kappa shape index (κ2) is 5.11. The van der Waals surface area contributed by atoms with E-state index in [0.29, 0.717) is 11.3 Å². The van der Waals surface area contributed by atoms with E-state index in [9.17, 15) is 4.79 Å². The number of nitrogens with two attached hydrogens (primary N) is 1. The Bertz CT molecular complexity index is 774. The number of nitrogens with zero attached hydrogens (tertiary/aromatic N) is 2. The lowest BCUT2D eigenvalue weighted by Crippen LogP contribution is -2.35. The molecule has 0 saturated carbocycles. The summed E-state index contributed by atoms with van der Waals surface area (Å²) in [4.78, 5) is 17.8. The molecule has 1 aromatic heterocycles. The van der Waals surface area contributed by atoms with Crippen LogP contribution in [0.4, 0.5) is 5.69 Å². The van der Waals surface area contributed by atoms with Gasteiger partial charge in [0.1, 0.15) is 0 Å². The molecular weight excluding hydrogens is 282 g/mol. The fourth-order valence-electron chi connectivity index (χ4n) is 3.08. The molecule has 2 aromatic rings. The van der Waals surface area contributed by atoms with E-state index in [1.165, 1.54) is 0 Å². The van der Waals surface area contributed by atoms with Gasteiger partial charge in [0.05, 0.1) is 25.0 Å². The Hall–Kier alpha value is -2.38. The minimum atomic E-state index is -0.232. The smallest absolute Gasteiger partial charge is 0.272 e. The van der Waals surface area contributed by atoms with E-state index in [4.69, 9.17) is 10.5 Å². The number of ether oxygens (including phenoxy) is 1. The highest BCUT2D eigenvalue weighted by Gasteiger charge is 2.22. The number of H-pyrrole nitrogens is 1. The first-order valence-electron chi connectivity index (χ1n) is 7.30. The second-order valence-corrected chi connectivity index (χ2v) is 5.60. The summed E-state index contributed by atoms with van der Waals surface area (Å²) in [6, 6.07) is 3.56. The Labute approximate surface area is 127 Å². The number of aromatic amines is 1. The number of benzene rings is 1. The number of hydrogen-bond acceptors (Lipinski definition) is 5.